The molecule has 0 bridgehead atoms. The molecule has 0 saturated heterocycles. The Kier molecular flexibility index (Phi) is 12.5. The highest BCUT2D eigenvalue weighted by atomic mass is 16.6. The minimum atomic E-state index is -0.488. The highest BCUT2D eigenvalue weighted by Gasteiger charge is 2.27. The zero-order valence-electron chi connectivity index (χ0n) is 20.1. The van der Waals surface area contributed by atoms with Crippen LogP contribution in [0.1, 0.15) is 66.9 Å². The number of hydrogen-bond acceptors (Lipinski definition) is 6. The molecule has 31 heavy (non-hydrogen) atoms. The van der Waals surface area contributed by atoms with Crippen LogP contribution in [0.4, 0.5) is 0 Å². The van der Waals surface area contributed by atoms with Gasteiger partial charge in [0.15, 0.2) is 0 Å². The first-order valence-electron chi connectivity index (χ1n) is 10.6. The van der Waals surface area contributed by atoms with Crippen LogP contribution in [-0.2, 0) is 35.2 Å². The van der Waals surface area contributed by atoms with Gasteiger partial charge < -0.3 is 14.2 Å². The predicted octanol–water partition coefficient (Wildman–Crippen LogP) is 5.25. The SMILES string of the molecule is C=C(C)C(=O)OCCOC(=O)C(C)(C)CC.CCC(C)(C)C(=O)OCc1ccccc1. The molecule has 0 spiro atoms. The second-order valence-corrected chi connectivity index (χ2v) is 8.59. The monoisotopic (exact) mass is 434 g/mol. The van der Waals surface area contributed by atoms with Gasteiger partial charge in [-0.3, -0.25) is 9.59 Å². The first-order valence-corrected chi connectivity index (χ1v) is 10.6. The van der Waals surface area contributed by atoms with Crippen molar-refractivity contribution >= 4 is 17.9 Å². The van der Waals surface area contributed by atoms with Crippen LogP contribution >= 0.6 is 0 Å². The quantitative estimate of drug-likeness (QED) is 0.217. The van der Waals surface area contributed by atoms with Gasteiger partial charge >= 0.3 is 17.9 Å². The molecule has 6 nitrogen and oxygen atoms in total. The van der Waals surface area contributed by atoms with Gasteiger partial charge in [-0.2, -0.15) is 0 Å². The van der Waals surface area contributed by atoms with Crippen LogP contribution in [0.15, 0.2) is 42.5 Å². The summed E-state index contributed by atoms with van der Waals surface area (Å²) in [5, 5.41) is 0. The normalized spacial score (nSPS) is 10.9. The Balaban J connectivity index is 0.000000581. The van der Waals surface area contributed by atoms with Crippen molar-refractivity contribution in [1.29, 1.82) is 0 Å². The smallest absolute Gasteiger partial charge is 0.333 e. The maximum atomic E-state index is 11.6. The van der Waals surface area contributed by atoms with Crippen molar-refractivity contribution in [3.05, 3.63) is 48.0 Å². The van der Waals surface area contributed by atoms with E-state index in [2.05, 4.69) is 6.58 Å². The molecule has 6 heteroatoms. The lowest BCUT2D eigenvalue weighted by molar-refractivity contribution is -0.158. The number of ether oxygens (including phenoxy) is 3. The third kappa shape index (κ3) is 11.4. The summed E-state index contributed by atoms with van der Waals surface area (Å²) in [6, 6.07) is 9.72. The van der Waals surface area contributed by atoms with Gasteiger partial charge in [0, 0.05) is 5.57 Å². The maximum Gasteiger partial charge on any atom is 0.333 e. The number of carbonyl (C=O) groups is 3. The Morgan fingerprint density at radius 3 is 1.71 bits per heavy atom. The number of carbonyl (C=O) groups excluding carboxylic acids is 3. The molecule has 0 atom stereocenters. The topological polar surface area (TPSA) is 78.9 Å². The Bertz CT molecular complexity index is 719. The minimum Gasteiger partial charge on any atom is -0.462 e. The average Bonchev–Trinajstić information content (AvgIpc) is 2.75. The van der Waals surface area contributed by atoms with E-state index in [1.165, 1.54) is 0 Å². The number of hydrogen-bond donors (Lipinski definition) is 0. The van der Waals surface area contributed by atoms with Gasteiger partial charge in [-0.05, 0) is 53.0 Å². The van der Waals surface area contributed by atoms with Gasteiger partial charge in [-0.25, -0.2) is 4.79 Å². The van der Waals surface area contributed by atoms with E-state index < -0.39 is 11.4 Å². The Labute approximate surface area is 187 Å². The minimum absolute atomic E-state index is 0.0667. The van der Waals surface area contributed by atoms with E-state index in [-0.39, 0.29) is 30.6 Å². The molecule has 0 aliphatic heterocycles. The molecule has 1 rings (SSSR count). The summed E-state index contributed by atoms with van der Waals surface area (Å²) in [4.78, 5) is 34.1. The first kappa shape index (κ1) is 28.4. The lowest BCUT2D eigenvalue weighted by Gasteiger charge is -2.20. The molecule has 0 aliphatic carbocycles. The van der Waals surface area contributed by atoms with Crippen molar-refractivity contribution in [3.63, 3.8) is 0 Å². The molecule has 174 valence electrons. The molecule has 1 aromatic carbocycles. The second kappa shape index (κ2) is 13.6. The van der Waals surface area contributed by atoms with Crippen molar-refractivity contribution < 1.29 is 28.6 Å². The van der Waals surface area contributed by atoms with Crippen LogP contribution in [0.25, 0.3) is 0 Å². The number of esters is 3. The maximum absolute atomic E-state index is 11.6. The largest absolute Gasteiger partial charge is 0.462 e. The van der Waals surface area contributed by atoms with Crippen LogP contribution < -0.4 is 0 Å². The molecule has 0 heterocycles. The molecule has 0 N–H and O–H groups in total. The molecular formula is C25H38O6. The fourth-order valence-corrected chi connectivity index (χ4v) is 1.79. The fraction of sp³-hybridized carbons (Fsp3) is 0.560. The molecule has 0 unspecified atom stereocenters. The summed E-state index contributed by atoms with van der Waals surface area (Å²) in [6.45, 7) is 16.9. The summed E-state index contributed by atoms with van der Waals surface area (Å²) in [5.74, 6) is -0.874. The van der Waals surface area contributed by atoms with Gasteiger partial charge in [0.05, 0.1) is 10.8 Å². The van der Waals surface area contributed by atoms with E-state index in [1.54, 1.807) is 6.92 Å². The van der Waals surface area contributed by atoms with Crippen molar-refractivity contribution in [1.82, 2.24) is 0 Å². The molecule has 0 fully saturated rings. The predicted molar refractivity (Wildman–Crippen MR) is 121 cm³/mol. The molecule has 0 aromatic heterocycles. The van der Waals surface area contributed by atoms with Gasteiger partial charge in [0.1, 0.15) is 19.8 Å². The average molecular weight is 435 g/mol. The van der Waals surface area contributed by atoms with E-state index in [9.17, 15) is 14.4 Å². The van der Waals surface area contributed by atoms with Crippen LogP contribution in [0.2, 0.25) is 0 Å². The van der Waals surface area contributed by atoms with Crippen LogP contribution in [0.5, 0.6) is 0 Å². The zero-order chi connectivity index (χ0) is 24.1. The lowest BCUT2D eigenvalue weighted by Crippen LogP contribution is -2.27. The first-order chi connectivity index (χ1) is 14.4. The standard InChI is InChI=1S/C13H18O2.C12H20O4/c1-4-13(2,3)12(14)15-10-11-8-6-5-7-9-11;1-6-12(4,5)11(14)16-8-7-15-10(13)9(2)3/h5-9H,4,10H2,1-3H3;2,6-8H2,1,3-5H3. The Morgan fingerprint density at radius 2 is 1.26 bits per heavy atom. The van der Waals surface area contributed by atoms with Crippen LogP contribution in [0, 0.1) is 10.8 Å². The van der Waals surface area contributed by atoms with Gasteiger partial charge in [0.25, 0.3) is 0 Å². The van der Waals surface area contributed by atoms with Gasteiger partial charge in [-0.1, -0.05) is 50.8 Å². The zero-order valence-corrected chi connectivity index (χ0v) is 20.1. The van der Waals surface area contributed by atoms with E-state index in [0.717, 1.165) is 12.0 Å². The molecular weight excluding hydrogens is 396 g/mol. The number of rotatable bonds is 10. The molecule has 0 radical (unpaired) electrons. The highest BCUT2D eigenvalue weighted by molar-refractivity contribution is 5.86. The van der Waals surface area contributed by atoms with Crippen molar-refractivity contribution in [2.45, 2.75) is 67.9 Å². The van der Waals surface area contributed by atoms with Gasteiger partial charge in [0.2, 0.25) is 0 Å². The summed E-state index contributed by atoms with van der Waals surface area (Å²) in [5.41, 5.74) is 0.491. The van der Waals surface area contributed by atoms with E-state index in [4.69, 9.17) is 14.2 Å². The van der Waals surface area contributed by atoms with Crippen molar-refractivity contribution in [3.8, 4) is 0 Å². The lowest BCUT2D eigenvalue weighted by atomic mass is 9.91. The third-order valence-electron chi connectivity index (χ3n) is 4.98. The number of benzene rings is 1. The van der Waals surface area contributed by atoms with Crippen molar-refractivity contribution in [2.24, 2.45) is 10.8 Å². The Morgan fingerprint density at radius 1 is 0.806 bits per heavy atom. The summed E-state index contributed by atoms with van der Waals surface area (Å²) in [6.07, 6.45) is 1.50. The highest BCUT2D eigenvalue weighted by Crippen LogP contribution is 2.22. The molecule has 0 aliphatic rings. The van der Waals surface area contributed by atoms with Gasteiger partial charge in [-0.15, -0.1) is 0 Å². The van der Waals surface area contributed by atoms with Crippen molar-refractivity contribution in [2.75, 3.05) is 13.2 Å². The molecule has 1 aromatic rings. The summed E-state index contributed by atoms with van der Waals surface area (Å²) in [7, 11) is 0. The van der Waals surface area contributed by atoms with E-state index >= 15 is 0 Å². The second-order valence-electron chi connectivity index (χ2n) is 8.59. The van der Waals surface area contributed by atoms with Crippen LogP contribution in [-0.4, -0.2) is 31.1 Å². The molecule has 0 amide bonds. The fourth-order valence-electron chi connectivity index (χ4n) is 1.79. The molecule has 0 saturated carbocycles. The van der Waals surface area contributed by atoms with E-state index in [0.29, 0.717) is 18.6 Å². The third-order valence-corrected chi connectivity index (χ3v) is 4.98. The Hall–Kier alpha value is -2.63. The summed E-state index contributed by atoms with van der Waals surface area (Å²) >= 11 is 0. The summed E-state index contributed by atoms with van der Waals surface area (Å²) < 4.78 is 15.0. The van der Waals surface area contributed by atoms with E-state index in [1.807, 2.05) is 71.9 Å². The van der Waals surface area contributed by atoms with Crippen LogP contribution in [0.3, 0.4) is 0 Å².